The molecule has 1 aromatic carbocycles. The Morgan fingerprint density at radius 3 is 2.96 bits per heavy atom. The summed E-state index contributed by atoms with van der Waals surface area (Å²) in [6, 6.07) is 8.38. The summed E-state index contributed by atoms with van der Waals surface area (Å²) in [6.07, 6.45) is 6.90. The summed E-state index contributed by atoms with van der Waals surface area (Å²) in [5.41, 5.74) is 3.24. The lowest BCUT2D eigenvalue weighted by Gasteiger charge is -2.18. The number of ether oxygens (including phenoxy) is 1. The van der Waals surface area contributed by atoms with Gasteiger partial charge in [0.1, 0.15) is 11.6 Å². The zero-order valence-electron chi connectivity index (χ0n) is 15.1. The van der Waals surface area contributed by atoms with Crippen molar-refractivity contribution in [2.24, 2.45) is 0 Å². The first-order valence-electron chi connectivity index (χ1n) is 8.73. The van der Waals surface area contributed by atoms with Crippen molar-refractivity contribution in [1.82, 2.24) is 20.3 Å². The molecular formula is C19H23N5O3. The third-order valence-corrected chi connectivity index (χ3v) is 4.40. The van der Waals surface area contributed by atoms with Crippen LogP contribution in [-0.4, -0.2) is 52.2 Å². The van der Waals surface area contributed by atoms with Crippen LogP contribution in [0.25, 0.3) is 6.08 Å². The van der Waals surface area contributed by atoms with E-state index in [0.29, 0.717) is 17.6 Å². The molecule has 0 radical (unpaired) electrons. The number of hydrogen-bond donors (Lipinski definition) is 3. The standard InChI is InChI=1S/C19H23N5O3/c1-27-17-5-3-2-4-14(17)12-24-9-8-16(13-24)22-18-11-20-15(10-21-18)6-7-19(25)23-26/h2-7,10-11,16,26H,8-9,12-13H2,1H3,(H,21,22)(H,23,25)/b7-6+/t16-/m1/s1. The molecule has 1 amide bonds. The first-order valence-corrected chi connectivity index (χ1v) is 8.73. The number of benzene rings is 1. The van der Waals surface area contributed by atoms with Gasteiger partial charge < -0.3 is 10.1 Å². The van der Waals surface area contributed by atoms with Crippen molar-refractivity contribution in [2.75, 3.05) is 25.5 Å². The molecule has 8 heteroatoms. The van der Waals surface area contributed by atoms with Crippen molar-refractivity contribution in [1.29, 1.82) is 0 Å². The van der Waals surface area contributed by atoms with Crippen molar-refractivity contribution < 1.29 is 14.7 Å². The van der Waals surface area contributed by atoms with E-state index < -0.39 is 5.91 Å². The lowest BCUT2D eigenvalue weighted by molar-refractivity contribution is -0.124. The van der Waals surface area contributed by atoms with Crippen LogP contribution >= 0.6 is 0 Å². The Hall–Kier alpha value is -2.97. The highest BCUT2D eigenvalue weighted by atomic mass is 16.5. The van der Waals surface area contributed by atoms with Crippen LogP contribution in [0.3, 0.4) is 0 Å². The highest BCUT2D eigenvalue weighted by molar-refractivity contribution is 5.90. The van der Waals surface area contributed by atoms with Crippen molar-refractivity contribution in [3.63, 3.8) is 0 Å². The first kappa shape index (κ1) is 18.8. The molecule has 8 nitrogen and oxygen atoms in total. The van der Waals surface area contributed by atoms with E-state index in [-0.39, 0.29) is 0 Å². The van der Waals surface area contributed by atoms with Gasteiger partial charge in [-0.1, -0.05) is 18.2 Å². The molecular weight excluding hydrogens is 346 g/mol. The molecule has 27 heavy (non-hydrogen) atoms. The maximum absolute atomic E-state index is 11.0. The summed E-state index contributed by atoms with van der Waals surface area (Å²) in [7, 11) is 1.70. The predicted octanol–water partition coefficient (Wildman–Crippen LogP) is 1.69. The van der Waals surface area contributed by atoms with E-state index in [1.54, 1.807) is 19.5 Å². The van der Waals surface area contributed by atoms with E-state index in [4.69, 9.17) is 9.94 Å². The third kappa shape index (κ3) is 5.25. The molecule has 0 spiro atoms. The Balaban J connectivity index is 1.52. The first-order chi connectivity index (χ1) is 13.2. The molecule has 0 saturated carbocycles. The molecule has 142 valence electrons. The minimum absolute atomic E-state index is 0.301. The molecule has 2 heterocycles. The summed E-state index contributed by atoms with van der Waals surface area (Å²) in [4.78, 5) is 21.9. The van der Waals surface area contributed by atoms with Crippen LogP contribution in [0.2, 0.25) is 0 Å². The molecule has 1 aliphatic heterocycles. The minimum atomic E-state index is -0.611. The molecule has 0 bridgehead atoms. The summed E-state index contributed by atoms with van der Waals surface area (Å²) in [5.74, 6) is 1.00. The lowest BCUT2D eigenvalue weighted by atomic mass is 10.2. The van der Waals surface area contributed by atoms with Crippen LogP contribution in [0, 0.1) is 0 Å². The molecule has 1 aliphatic rings. The van der Waals surface area contributed by atoms with Gasteiger partial charge >= 0.3 is 0 Å². The van der Waals surface area contributed by atoms with E-state index in [1.165, 1.54) is 23.2 Å². The number of methoxy groups -OCH3 is 1. The number of para-hydroxylation sites is 1. The normalized spacial score (nSPS) is 17.2. The summed E-state index contributed by atoms with van der Waals surface area (Å²) in [6.45, 7) is 2.77. The van der Waals surface area contributed by atoms with Gasteiger partial charge in [0.25, 0.3) is 5.91 Å². The molecule has 1 aromatic heterocycles. The maximum atomic E-state index is 11.0. The van der Waals surface area contributed by atoms with Crippen LogP contribution < -0.4 is 15.5 Å². The topological polar surface area (TPSA) is 99.6 Å². The van der Waals surface area contributed by atoms with Gasteiger partial charge in [-0.2, -0.15) is 0 Å². The quantitative estimate of drug-likeness (QED) is 0.388. The Bertz CT molecular complexity index is 794. The highest BCUT2D eigenvalue weighted by Gasteiger charge is 2.23. The van der Waals surface area contributed by atoms with Crippen molar-refractivity contribution in [2.45, 2.75) is 19.0 Å². The fraction of sp³-hybridized carbons (Fsp3) is 0.316. The number of carbonyl (C=O) groups is 1. The molecule has 3 rings (SSSR count). The fourth-order valence-electron chi connectivity index (χ4n) is 3.07. The molecule has 0 unspecified atom stereocenters. The highest BCUT2D eigenvalue weighted by Crippen LogP contribution is 2.22. The van der Waals surface area contributed by atoms with Crippen LogP contribution in [-0.2, 0) is 11.3 Å². The SMILES string of the molecule is COc1ccccc1CN1CC[C@@H](Nc2cnc(/C=C/C(=O)NO)cn2)C1. The van der Waals surface area contributed by atoms with Gasteiger partial charge in [-0.25, -0.2) is 10.5 Å². The van der Waals surface area contributed by atoms with Gasteiger partial charge in [-0.3, -0.25) is 19.9 Å². The number of amides is 1. The fourth-order valence-corrected chi connectivity index (χ4v) is 3.07. The van der Waals surface area contributed by atoms with E-state index >= 15 is 0 Å². The molecule has 1 saturated heterocycles. The second-order valence-electron chi connectivity index (χ2n) is 6.31. The number of hydrogen-bond acceptors (Lipinski definition) is 7. The largest absolute Gasteiger partial charge is 0.496 e. The Labute approximate surface area is 157 Å². The number of aromatic nitrogens is 2. The van der Waals surface area contributed by atoms with Gasteiger partial charge in [0.2, 0.25) is 0 Å². The second kappa shape index (κ2) is 9.11. The molecule has 0 aliphatic carbocycles. The van der Waals surface area contributed by atoms with E-state index in [9.17, 15) is 4.79 Å². The zero-order chi connectivity index (χ0) is 19.1. The number of nitrogens with zero attached hydrogens (tertiary/aromatic N) is 3. The Morgan fingerprint density at radius 2 is 2.22 bits per heavy atom. The summed E-state index contributed by atoms with van der Waals surface area (Å²) < 4.78 is 5.43. The number of nitrogens with one attached hydrogen (secondary N) is 2. The van der Waals surface area contributed by atoms with Crippen LogP contribution in [0.15, 0.2) is 42.7 Å². The maximum Gasteiger partial charge on any atom is 0.267 e. The van der Waals surface area contributed by atoms with Gasteiger partial charge in [0.05, 0.1) is 25.2 Å². The average molecular weight is 369 g/mol. The minimum Gasteiger partial charge on any atom is -0.496 e. The number of rotatable bonds is 7. The molecule has 1 fully saturated rings. The number of likely N-dealkylation sites (tertiary alicyclic amines) is 1. The van der Waals surface area contributed by atoms with Crippen molar-refractivity contribution in [3.05, 3.63) is 54.0 Å². The van der Waals surface area contributed by atoms with Gasteiger partial charge in [-0.15, -0.1) is 0 Å². The monoisotopic (exact) mass is 369 g/mol. The Morgan fingerprint density at radius 1 is 1.37 bits per heavy atom. The summed E-state index contributed by atoms with van der Waals surface area (Å²) in [5, 5.41) is 11.9. The average Bonchev–Trinajstić information content (AvgIpc) is 3.14. The van der Waals surface area contributed by atoms with E-state index in [0.717, 1.165) is 31.8 Å². The smallest absolute Gasteiger partial charge is 0.267 e. The second-order valence-corrected chi connectivity index (χ2v) is 6.31. The van der Waals surface area contributed by atoms with Crippen molar-refractivity contribution >= 4 is 17.8 Å². The van der Waals surface area contributed by atoms with Gasteiger partial charge in [0, 0.05) is 37.3 Å². The van der Waals surface area contributed by atoms with Crippen LogP contribution in [0.1, 0.15) is 17.7 Å². The molecule has 1 atom stereocenters. The molecule has 3 N–H and O–H groups in total. The van der Waals surface area contributed by atoms with Crippen LogP contribution in [0.4, 0.5) is 5.82 Å². The zero-order valence-corrected chi connectivity index (χ0v) is 15.1. The van der Waals surface area contributed by atoms with Crippen LogP contribution in [0.5, 0.6) is 5.75 Å². The number of hydroxylamine groups is 1. The summed E-state index contributed by atoms with van der Waals surface area (Å²) >= 11 is 0. The third-order valence-electron chi connectivity index (χ3n) is 4.40. The predicted molar refractivity (Wildman–Crippen MR) is 101 cm³/mol. The van der Waals surface area contributed by atoms with Crippen molar-refractivity contribution in [3.8, 4) is 5.75 Å². The molecule has 2 aromatic rings. The Kier molecular flexibility index (Phi) is 6.35. The van der Waals surface area contributed by atoms with Gasteiger partial charge in [0.15, 0.2) is 0 Å². The number of carbonyl (C=O) groups excluding carboxylic acids is 1. The number of anilines is 1. The van der Waals surface area contributed by atoms with E-state index in [2.05, 4.69) is 26.3 Å². The van der Waals surface area contributed by atoms with E-state index in [1.807, 2.05) is 18.2 Å². The van der Waals surface area contributed by atoms with Gasteiger partial charge in [-0.05, 0) is 18.6 Å². The lowest BCUT2D eigenvalue weighted by Crippen LogP contribution is -2.26.